The number of ether oxygens (including phenoxy) is 1. The predicted octanol–water partition coefficient (Wildman–Crippen LogP) is 5.16. The molecule has 0 atom stereocenters. The Balaban J connectivity index is 1.43. The molecule has 2 N–H and O–H groups in total. The number of carbonyl (C=O) groups is 4. The molecule has 0 aromatic heterocycles. The van der Waals surface area contributed by atoms with Crippen LogP contribution in [-0.4, -0.2) is 30.8 Å². The van der Waals surface area contributed by atoms with Crippen LogP contribution in [0.2, 0.25) is 0 Å². The highest BCUT2D eigenvalue weighted by molar-refractivity contribution is 9.10. The summed E-state index contributed by atoms with van der Waals surface area (Å²) in [6.45, 7) is 1.91. The fourth-order valence-electron chi connectivity index (χ4n) is 3.73. The minimum Gasteiger partial charge on any atom is -0.465 e. The molecule has 1 heterocycles. The minimum absolute atomic E-state index is 0.0913. The van der Waals surface area contributed by atoms with E-state index >= 15 is 0 Å². The number of carbonyl (C=O) groups excluding carboxylic acids is 4. The van der Waals surface area contributed by atoms with Crippen LogP contribution in [0.15, 0.2) is 81.9 Å². The summed E-state index contributed by atoms with van der Waals surface area (Å²) >= 11 is 9.61. The van der Waals surface area contributed by atoms with Crippen molar-refractivity contribution in [1.82, 2.24) is 0 Å². The number of nitrogens with one attached hydrogen (secondary N) is 2. The number of halogens is 2. The van der Waals surface area contributed by atoms with Gasteiger partial charge in [0.25, 0.3) is 11.8 Å². The van der Waals surface area contributed by atoms with Gasteiger partial charge in [-0.25, -0.2) is 9.69 Å². The second-order valence-corrected chi connectivity index (χ2v) is 9.48. The lowest BCUT2D eigenvalue weighted by Crippen LogP contribution is -2.32. The first-order valence-electron chi connectivity index (χ1n) is 11.1. The number of imide groups is 1. The van der Waals surface area contributed by atoms with E-state index in [-0.39, 0.29) is 34.3 Å². The Hall–Kier alpha value is -3.95. The van der Waals surface area contributed by atoms with E-state index in [2.05, 4.69) is 26.6 Å². The maximum Gasteiger partial charge on any atom is 0.337 e. The van der Waals surface area contributed by atoms with Crippen LogP contribution in [0.25, 0.3) is 0 Å². The van der Waals surface area contributed by atoms with Gasteiger partial charge in [-0.3, -0.25) is 14.4 Å². The topological polar surface area (TPSA) is 105 Å². The minimum atomic E-state index is -0.715. The van der Waals surface area contributed by atoms with E-state index < -0.39 is 17.8 Å². The molecule has 0 spiro atoms. The summed E-state index contributed by atoms with van der Waals surface area (Å²) in [7, 11) is 1.24. The van der Waals surface area contributed by atoms with Gasteiger partial charge in [-0.2, -0.15) is 0 Å². The first kappa shape index (κ1) is 26.1. The van der Waals surface area contributed by atoms with E-state index in [9.17, 15) is 19.2 Å². The highest BCUT2D eigenvalue weighted by Gasteiger charge is 2.39. The van der Waals surface area contributed by atoms with Crippen LogP contribution in [0.4, 0.5) is 17.1 Å². The lowest BCUT2D eigenvalue weighted by molar-refractivity contribution is -0.120. The van der Waals surface area contributed by atoms with E-state index in [0.717, 1.165) is 26.2 Å². The number of benzene rings is 3. The van der Waals surface area contributed by atoms with E-state index in [4.69, 9.17) is 16.3 Å². The van der Waals surface area contributed by atoms with Crippen molar-refractivity contribution in [2.75, 3.05) is 22.6 Å². The average molecular weight is 583 g/mol. The third-order valence-electron chi connectivity index (χ3n) is 5.60. The molecule has 3 aromatic carbocycles. The number of nitrogens with zero attached hydrogens (tertiary/aromatic N) is 1. The SMILES string of the molecule is COC(=O)c1cccc(N2C(=O)C(Cl)=C(Nc3ccc(CC(=O)Nc4ccc(Br)cc4C)cc3)C2=O)c1. The molecule has 0 saturated heterocycles. The summed E-state index contributed by atoms with van der Waals surface area (Å²) in [5.74, 6) is -2.14. The Morgan fingerprint density at radius 1 is 1.00 bits per heavy atom. The average Bonchev–Trinajstić information content (AvgIpc) is 3.09. The first-order chi connectivity index (χ1) is 17.7. The molecule has 1 aliphatic heterocycles. The Morgan fingerprint density at radius 3 is 2.41 bits per heavy atom. The molecule has 0 aliphatic carbocycles. The van der Waals surface area contributed by atoms with Crippen LogP contribution in [0.1, 0.15) is 21.5 Å². The van der Waals surface area contributed by atoms with E-state index in [1.165, 1.54) is 31.4 Å². The number of amides is 3. The highest BCUT2D eigenvalue weighted by atomic mass is 79.9. The van der Waals surface area contributed by atoms with Crippen LogP contribution in [0.5, 0.6) is 0 Å². The molecule has 188 valence electrons. The third kappa shape index (κ3) is 5.73. The van der Waals surface area contributed by atoms with Crippen LogP contribution in [0, 0.1) is 6.92 Å². The van der Waals surface area contributed by atoms with Crippen molar-refractivity contribution in [2.45, 2.75) is 13.3 Å². The highest BCUT2D eigenvalue weighted by Crippen LogP contribution is 2.31. The molecule has 3 amide bonds. The Morgan fingerprint density at radius 2 is 1.73 bits per heavy atom. The smallest absolute Gasteiger partial charge is 0.337 e. The number of esters is 1. The van der Waals surface area contributed by atoms with Gasteiger partial charge in [0.2, 0.25) is 5.91 Å². The fraction of sp³-hybridized carbons (Fsp3) is 0.111. The molecule has 0 bridgehead atoms. The molecule has 37 heavy (non-hydrogen) atoms. The summed E-state index contributed by atoms with van der Waals surface area (Å²) in [6.07, 6.45) is 0.154. The van der Waals surface area contributed by atoms with Gasteiger partial charge in [-0.05, 0) is 66.6 Å². The van der Waals surface area contributed by atoms with Gasteiger partial charge in [-0.15, -0.1) is 0 Å². The summed E-state index contributed by atoms with van der Waals surface area (Å²) in [5.41, 5.74) is 3.23. The van der Waals surface area contributed by atoms with Crippen molar-refractivity contribution in [1.29, 1.82) is 0 Å². The van der Waals surface area contributed by atoms with Crippen LogP contribution in [-0.2, 0) is 25.5 Å². The monoisotopic (exact) mass is 581 g/mol. The Labute approximate surface area is 226 Å². The number of aryl methyl sites for hydroxylation is 1. The second kappa shape index (κ2) is 11.0. The molecule has 1 aliphatic rings. The van der Waals surface area contributed by atoms with Crippen molar-refractivity contribution in [3.05, 3.63) is 98.6 Å². The number of hydrogen-bond donors (Lipinski definition) is 2. The number of methoxy groups -OCH3 is 1. The molecule has 10 heteroatoms. The Bertz CT molecular complexity index is 1450. The van der Waals surface area contributed by atoms with E-state index in [1.54, 1.807) is 24.3 Å². The lowest BCUT2D eigenvalue weighted by atomic mass is 10.1. The van der Waals surface area contributed by atoms with Crippen LogP contribution >= 0.6 is 27.5 Å². The van der Waals surface area contributed by atoms with Gasteiger partial charge in [0.1, 0.15) is 10.7 Å². The van der Waals surface area contributed by atoms with E-state index in [1.807, 2.05) is 25.1 Å². The molecule has 0 unspecified atom stereocenters. The zero-order valence-electron chi connectivity index (χ0n) is 19.8. The molecule has 0 fully saturated rings. The molecular weight excluding hydrogens is 562 g/mol. The standard InChI is InChI=1S/C27H21BrClN3O5/c1-15-12-18(28)8-11-21(15)31-22(33)13-16-6-9-19(10-7-16)30-24-23(29)25(34)32(26(24)35)20-5-3-4-17(14-20)27(36)37-2/h3-12,14,30H,13H2,1-2H3,(H,31,33). The second-order valence-electron chi connectivity index (χ2n) is 8.18. The molecule has 3 aromatic rings. The van der Waals surface area contributed by atoms with Gasteiger partial charge in [0, 0.05) is 15.8 Å². The van der Waals surface area contributed by atoms with Gasteiger partial charge in [0.15, 0.2) is 0 Å². The number of rotatable bonds is 7. The van der Waals surface area contributed by atoms with Gasteiger partial charge in [0.05, 0.1) is 24.8 Å². The molecule has 4 rings (SSSR count). The van der Waals surface area contributed by atoms with Gasteiger partial charge in [-0.1, -0.05) is 45.7 Å². The molecule has 0 radical (unpaired) electrons. The first-order valence-corrected chi connectivity index (χ1v) is 12.2. The van der Waals surface area contributed by atoms with Crippen LogP contribution < -0.4 is 15.5 Å². The maximum atomic E-state index is 13.0. The summed E-state index contributed by atoms with van der Waals surface area (Å²) in [5, 5.41) is 5.51. The predicted molar refractivity (Wildman–Crippen MR) is 144 cm³/mol. The third-order valence-corrected chi connectivity index (χ3v) is 6.45. The summed E-state index contributed by atoms with van der Waals surface area (Å²) in [6, 6.07) is 18.4. The Kier molecular flexibility index (Phi) is 7.75. The normalized spacial score (nSPS) is 13.1. The van der Waals surface area contributed by atoms with Crippen molar-refractivity contribution in [3.8, 4) is 0 Å². The zero-order valence-corrected chi connectivity index (χ0v) is 22.1. The fourth-order valence-corrected chi connectivity index (χ4v) is 4.42. The summed E-state index contributed by atoms with van der Waals surface area (Å²) < 4.78 is 5.63. The number of anilines is 3. The molecule has 8 nitrogen and oxygen atoms in total. The van der Waals surface area contributed by atoms with E-state index in [0.29, 0.717) is 5.69 Å². The summed E-state index contributed by atoms with van der Waals surface area (Å²) in [4.78, 5) is 51.0. The van der Waals surface area contributed by atoms with Gasteiger partial charge >= 0.3 is 5.97 Å². The van der Waals surface area contributed by atoms with Gasteiger partial charge < -0.3 is 15.4 Å². The number of hydrogen-bond acceptors (Lipinski definition) is 6. The lowest BCUT2D eigenvalue weighted by Gasteiger charge is -2.16. The van der Waals surface area contributed by atoms with Crippen molar-refractivity contribution < 1.29 is 23.9 Å². The van der Waals surface area contributed by atoms with Crippen molar-refractivity contribution in [2.24, 2.45) is 0 Å². The molecular formula is C27H21BrClN3O5. The van der Waals surface area contributed by atoms with Crippen LogP contribution in [0.3, 0.4) is 0 Å². The zero-order chi connectivity index (χ0) is 26.7. The van der Waals surface area contributed by atoms with Crippen molar-refractivity contribution in [3.63, 3.8) is 0 Å². The molecule has 0 saturated carbocycles. The van der Waals surface area contributed by atoms with Crippen molar-refractivity contribution >= 4 is 68.3 Å². The maximum absolute atomic E-state index is 13.0. The largest absolute Gasteiger partial charge is 0.465 e. The quantitative estimate of drug-likeness (QED) is 0.295.